The molecule has 1 radical (unpaired) electrons. The summed E-state index contributed by atoms with van der Waals surface area (Å²) in [6.07, 6.45) is 1.42. The zero-order valence-electron chi connectivity index (χ0n) is 5.09. The molecule has 0 aliphatic heterocycles. The standard InChI is InChI=1S/C5H10NO2/c1-3-5(8)6(2)4-7/h5,8H,3H2,1-2H3. The van der Waals surface area contributed by atoms with Gasteiger partial charge in [0.25, 0.3) is 0 Å². The minimum atomic E-state index is -0.674. The van der Waals surface area contributed by atoms with Crippen molar-refractivity contribution in [3.8, 4) is 0 Å². The number of aliphatic hydroxyl groups excluding tert-OH is 1. The molecule has 47 valence electrons. The van der Waals surface area contributed by atoms with Crippen molar-refractivity contribution in [2.75, 3.05) is 7.05 Å². The maximum Gasteiger partial charge on any atom is 0.313 e. The predicted molar refractivity (Wildman–Crippen MR) is 29.8 cm³/mol. The first-order valence-electron chi connectivity index (χ1n) is 2.51. The fourth-order valence-corrected chi connectivity index (χ4v) is 0.335. The Morgan fingerprint density at radius 2 is 2.38 bits per heavy atom. The van der Waals surface area contributed by atoms with Crippen LogP contribution in [0.25, 0.3) is 0 Å². The zero-order chi connectivity index (χ0) is 6.57. The van der Waals surface area contributed by atoms with E-state index < -0.39 is 6.23 Å². The molecule has 0 aliphatic carbocycles. The SMILES string of the molecule is CCC(O)N(C)[C]=O. The second-order valence-electron chi connectivity index (χ2n) is 1.59. The van der Waals surface area contributed by atoms with E-state index in [-0.39, 0.29) is 0 Å². The van der Waals surface area contributed by atoms with E-state index in [1.807, 2.05) is 0 Å². The topological polar surface area (TPSA) is 40.5 Å². The smallest absolute Gasteiger partial charge is 0.313 e. The van der Waals surface area contributed by atoms with Crippen LogP contribution in [0.2, 0.25) is 0 Å². The van der Waals surface area contributed by atoms with Crippen LogP contribution in [0.3, 0.4) is 0 Å². The highest BCUT2D eigenvalue weighted by Gasteiger charge is 2.03. The number of amides is 1. The van der Waals surface area contributed by atoms with Gasteiger partial charge in [0.05, 0.1) is 0 Å². The first kappa shape index (κ1) is 7.43. The van der Waals surface area contributed by atoms with Crippen LogP contribution in [-0.4, -0.2) is 29.7 Å². The molecule has 1 atom stereocenters. The Bertz CT molecular complexity index is 74.8. The molecule has 0 heterocycles. The third-order valence-corrected chi connectivity index (χ3v) is 0.956. The lowest BCUT2D eigenvalue weighted by atomic mass is 10.4. The summed E-state index contributed by atoms with van der Waals surface area (Å²) in [4.78, 5) is 10.8. The van der Waals surface area contributed by atoms with Crippen molar-refractivity contribution in [3.05, 3.63) is 0 Å². The van der Waals surface area contributed by atoms with Gasteiger partial charge >= 0.3 is 6.41 Å². The van der Waals surface area contributed by atoms with Crippen LogP contribution in [0.4, 0.5) is 0 Å². The molecule has 0 fully saturated rings. The summed E-state index contributed by atoms with van der Waals surface area (Å²) >= 11 is 0. The molecule has 0 aromatic carbocycles. The second-order valence-corrected chi connectivity index (χ2v) is 1.59. The van der Waals surface area contributed by atoms with Crippen LogP contribution < -0.4 is 0 Å². The summed E-state index contributed by atoms with van der Waals surface area (Å²) in [5, 5.41) is 8.79. The lowest BCUT2D eigenvalue weighted by Crippen LogP contribution is -2.28. The average Bonchev–Trinajstić information content (AvgIpc) is 1.84. The van der Waals surface area contributed by atoms with Gasteiger partial charge in [-0.25, -0.2) is 0 Å². The van der Waals surface area contributed by atoms with Crippen LogP contribution in [-0.2, 0) is 4.79 Å². The Kier molecular flexibility index (Phi) is 3.19. The number of carbonyl (C=O) groups excluding carboxylic acids is 1. The molecule has 0 saturated heterocycles. The van der Waals surface area contributed by atoms with Crippen LogP contribution in [0.5, 0.6) is 0 Å². The second kappa shape index (κ2) is 3.43. The van der Waals surface area contributed by atoms with Crippen molar-refractivity contribution in [2.24, 2.45) is 0 Å². The highest BCUT2D eigenvalue weighted by atomic mass is 16.3. The molecule has 1 N–H and O–H groups in total. The molecule has 0 aliphatic rings. The van der Waals surface area contributed by atoms with E-state index in [0.29, 0.717) is 6.42 Å². The van der Waals surface area contributed by atoms with E-state index in [0.717, 1.165) is 4.90 Å². The van der Waals surface area contributed by atoms with Crippen molar-refractivity contribution >= 4 is 6.41 Å². The first-order valence-corrected chi connectivity index (χ1v) is 2.51. The molecule has 0 aromatic rings. The van der Waals surface area contributed by atoms with Crippen LogP contribution >= 0.6 is 0 Å². The van der Waals surface area contributed by atoms with E-state index in [2.05, 4.69) is 0 Å². The maximum atomic E-state index is 9.75. The fraction of sp³-hybridized carbons (Fsp3) is 0.800. The number of hydrogen-bond acceptors (Lipinski definition) is 2. The highest BCUT2D eigenvalue weighted by molar-refractivity contribution is 5.47. The average molecular weight is 116 g/mol. The molecule has 3 heteroatoms. The Balaban J connectivity index is 3.44. The van der Waals surface area contributed by atoms with Gasteiger partial charge in [0.15, 0.2) is 0 Å². The predicted octanol–water partition coefficient (Wildman–Crippen LogP) is -0.286. The molecule has 3 nitrogen and oxygen atoms in total. The van der Waals surface area contributed by atoms with Crippen molar-refractivity contribution in [1.82, 2.24) is 4.90 Å². The summed E-state index contributed by atoms with van der Waals surface area (Å²) in [6, 6.07) is 0. The van der Waals surface area contributed by atoms with Crippen molar-refractivity contribution in [1.29, 1.82) is 0 Å². The van der Waals surface area contributed by atoms with Gasteiger partial charge in [-0.1, -0.05) is 6.92 Å². The number of aliphatic hydroxyl groups is 1. The molecule has 0 aromatic heterocycles. The molecule has 0 saturated carbocycles. The molecule has 0 rings (SSSR count). The Labute approximate surface area is 48.9 Å². The third-order valence-electron chi connectivity index (χ3n) is 0.956. The van der Waals surface area contributed by atoms with Gasteiger partial charge in [-0.3, -0.25) is 4.79 Å². The van der Waals surface area contributed by atoms with Crippen molar-refractivity contribution < 1.29 is 9.90 Å². The van der Waals surface area contributed by atoms with E-state index in [1.54, 1.807) is 13.3 Å². The minimum Gasteiger partial charge on any atom is -0.374 e. The van der Waals surface area contributed by atoms with Gasteiger partial charge < -0.3 is 10.0 Å². The maximum absolute atomic E-state index is 9.75. The van der Waals surface area contributed by atoms with E-state index >= 15 is 0 Å². The summed E-state index contributed by atoms with van der Waals surface area (Å²) < 4.78 is 0. The molecule has 1 unspecified atom stereocenters. The lowest BCUT2D eigenvalue weighted by Gasteiger charge is -2.14. The summed E-state index contributed by atoms with van der Waals surface area (Å²) in [6.45, 7) is 1.79. The normalized spacial score (nSPS) is 12.9. The zero-order valence-corrected chi connectivity index (χ0v) is 5.09. The minimum absolute atomic E-state index is 0.547. The van der Waals surface area contributed by atoms with Gasteiger partial charge in [-0.15, -0.1) is 0 Å². The molecular weight excluding hydrogens is 106 g/mol. The number of rotatable bonds is 3. The van der Waals surface area contributed by atoms with Crippen LogP contribution in [0.1, 0.15) is 13.3 Å². The molecule has 0 spiro atoms. The Morgan fingerprint density at radius 1 is 1.88 bits per heavy atom. The van der Waals surface area contributed by atoms with Gasteiger partial charge in [-0.05, 0) is 6.42 Å². The van der Waals surface area contributed by atoms with Crippen LogP contribution in [0, 0.1) is 0 Å². The number of nitrogens with zero attached hydrogens (tertiary/aromatic N) is 1. The monoisotopic (exact) mass is 116 g/mol. The van der Waals surface area contributed by atoms with Gasteiger partial charge in [0.1, 0.15) is 6.23 Å². The van der Waals surface area contributed by atoms with E-state index in [9.17, 15) is 4.79 Å². The first-order chi connectivity index (χ1) is 3.72. The Hall–Kier alpha value is -0.570. The largest absolute Gasteiger partial charge is 0.374 e. The quantitative estimate of drug-likeness (QED) is 0.406. The fourth-order valence-electron chi connectivity index (χ4n) is 0.335. The number of hydrogen-bond donors (Lipinski definition) is 1. The Morgan fingerprint density at radius 3 is 2.50 bits per heavy atom. The third kappa shape index (κ3) is 1.93. The van der Waals surface area contributed by atoms with E-state index in [1.165, 1.54) is 7.05 Å². The van der Waals surface area contributed by atoms with Gasteiger partial charge in [-0.2, -0.15) is 0 Å². The summed E-state index contributed by atoms with van der Waals surface area (Å²) in [5.41, 5.74) is 0. The summed E-state index contributed by atoms with van der Waals surface area (Å²) in [5.74, 6) is 0. The van der Waals surface area contributed by atoms with Crippen molar-refractivity contribution in [2.45, 2.75) is 19.6 Å². The van der Waals surface area contributed by atoms with Gasteiger partial charge in [0, 0.05) is 7.05 Å². The molecule has 1 amide bonds. The van der Waals surface area contributed by atoms with E-state index in [4.69, 9.17) is 5.11 Å². The molecular formula is C5H10NO2. The van der Waals surface area contributed by atoms with Crippen molar-refractivity contribution in [3.63, 3.8) is 0 Å². The van der Waals surface area contributed by atoms with Crippen LogP contribution in [0.15, 0.2) is 0 Å². The highest BCUT2D eigenvalue weighted by Crippen LogP contribution is 1.91. The lowest BCUT2D eigenvalue weighted by molar-refractivity contribution is 0.0643. The summed E-state index contributed by atoms with van der Waals surface area (Å²) in [7, 11) is 1.49. The molecule has 0 bridgehead atoms. The molecule has 8 heavy (non-hydrogen) atoms. The van der Waals surface area contributed by atoms with Gasteiger partial charge in [0.2, 0.25) is 0 Å².